The van der Waals surface area contributed by atoms with Crippen LogP contribution in [-0.4, -0.2) is 11.1 Å². The van der Waals surface area contributed by atoms with Crippen LogP contribution in [0.5, 0.6) is 5.75 Å². The molecule has 2 aromatic rings. The van der Waals surface area contributed by atoms with E-state index in [1.807, 2.05) is 0 Å². The Morgan fingerprint density at radius 1 is 1.11 bits per heavy atom. The van der Waals surface area contributed by atoms with Crippen LogP contribution in [0.25, 0.3) is 0 Å². The summed E-state index contributed by atoms with van der Waals surface area (Å²) in [5.74, 6) is -2.56. The zero-order chi connectivity index (χ0) is 13.8. The number of rotatable bonds is 4. The number of hydrogen-bond donors (Lipinski definition) is 1. The zero-order valence-corrected chi connectivity index (χ0v) is 9.77. The van der Waals surface area contributed by atoms with Gasteiger partial charge in [-0.15, -0.1) is 0 Å². The standard InChI is InChI=1S/C14H10F2O3/c15-10-5-11(16)7-12(6-10)19-8-9-3-1-2-4-13(9)14(17)18/h1-7H,8H2,(H,17,18). The molecule has 98 valence electrons. The van der Waals surface area contributed by atoms with Crippen molar-refractivity contribution in [1.82, 2.24) is 0 Å². The number of halogens is 2. The molecule has 0 amide bonds. The molecule has 0 aliphatic heterocycles. The first-order valence-corrected chi connectivity index (χ1v) is 5.46. The monoisotopic (exact) mass is 264 g/mol. The maximum absolute atomic E-state index is 12.9. The number of benzene rings is 2. The van der Waals surface area contributed by atoms with Crippen LogP contribution in [0.4, 0.5) is 8.78 Å². The van der Waals surface area contributed by atoms with E-state index < -0.39 is 17.6 Å². The Bertz CT molecular complexity index is 591. The van der Waals surface area contributed by atoms with Crippen molar-refractivity contribution in [3.8, 4) is 5.75 Å². The minimum atomic E-state index is -1.08. The van der Waals surface area contributed by atoms with Gasteiger partial charge in [-0.1, -0.05) is 18.2 Å². The third kappa shape index (κ3) is 3.28. The molecule has 5 heteroatoms. The molecular weight excluding hydrogens is 254 g/mol. The quantitative estimate of drug-likeness (QED) is 0.922. The van der Waals surface area contributed by atoms with E-state index in [0.717, 1.165) is 18.2 Å². The first kappa shape index (κ1) is 13.0. The molecule has 0 unspecified atom stereocenters. The van der Waals surface area contributed by atoms with Crippen molar-refractivity contribution in [1.29, 1.82) is 0 Å². The highest BCUT2D eigenvalue weighted by Crippen LogP contribution is 2.18. The topological polar surface area (TPSA) is 46.5 Å². The molecule has 19 heavy (non-hydrogen) atoms. The number of hydrogen-bond acceptors (Lipinski definition) is 2. The van der Waals surface area contributed by atoms with Crippen molar-refractivity contribution in [3.05, 3.63) is 65.2 Å². The molecule has 0 spiro atoms. The Hall–Kier alpha value is -2.43. The second-order valence-electron chi connectivity index (χ2n) is 3.86. The highest BCUT2D eigenvalue weighted by Gasteiger charge is 2.10. The fourth-order valence-corrected chi connectivity index (χ4v) is 1.63. The predicted octanol–water partition coefficient (Wildman–Crippen LogP) is 3.24. The molecular formula is C14H10F2O3. The normalized spacial score (nSPS) is 10.2. The average molecular weight is 264 g/mol. The van der Waals surface area contributed by atoms with Gasteiger partial charge in [-0.25, -0.2) is 13.6 Å². The number of ether oxygens (including phenoxy) is 1. The van der Waals surface area contributed by atoms with Crippen molar-refractivity contribution < 1.29 is 23.4 Å². The Labute approximate surface area is 108 Å². The third-order valence-electron chi connectivity index (χ3n) is 2.48. The molecule has 3 nitrogen and oxygen atoms in total. The number of carboxylic acids is 1. The molecule has 1 N–H and O–H groups in total. The van der Waals surface area contributed by atoms with Gasteiger partial charge in [0.2, 0.25) is 0 Å². The molecule has 0 radical (unpaired) electrons. The summed E-state index contributed by atoms with van der Waals surface area (Å²) < 4.78 is 31.1. The number of carboxylic acid groups (broad SMARTS) is 1. The highest BCUT2D eigenvalue weighted by atomic mass is 19.1. The van der Waals surface area contributed by atoms with E-state index in [1.165, 1.54) is 6.07 Å². The zero-order valence-electron chi connectivity index (χ0n) is 9.77. The summed E-state index contributed by atoms with van der Waals surface area (Å²) in [7, 11) is 0. The van der Waals surface area contributed by atoms with Crippen LogP contribution in [0, 0.1) is 11.6 Å². The highest BCUT2D eigenvalue weighted by molar-refractivity contribution is 5.89. The van der Waals surface area contributed by atoms with Crippen LogP contribution in [0.1, 0.15) is 15.9 Å². The molecule has 0 aliphatic rings. The van der Waals surface area contributed by atoms with Crippen molar-refractivity contribution in [2.24, 2.45) is 0 Å². The maximum Gasteiger partial charge on any atom is 0.336 e. The van der Waals surface area contributed by atoms with Crippen molar-refractivity contribution >= 4 is 5.97 Å². The van der Waals surface area contributed by atoms with Crippen LogP contribution in [0.15, 0.2) is 42.5 Å². The van der Waals surface area contributed by atoms with E-state index in [9.17, 15) is 13.6 Å². The largest absolute Gasteiger partial charge is 0.489 e. The average Bonchev–Trinajstić information content (AvgIpc) is 2.35. The van der Waals surface area contributed by atoms with E-state index in [-0.39, 0.29) is 17.9 Å². The second-order valence-corrected chi connectivity index (χ2v) is 3.86. The lowest BCUT2D eigenvalue weighted by Crippen LogP contribution is -2.05. The van der Waals surface area contributed by atoms with Crippen molar-refractivity contribution in [2.75, 3.05) is 0 Å². The molecule has 0 fully saturated rings. The van der Waals surface area contributed by atoms with Gasteiger partial charge < -0.3 is 9.84 Å². The van der Waals surface area contributed by atoms with Crippen LogP contribution in [0.2, 0.25) is 0 Å². The first-order chi connectivity index (χ1) is 9.06. The lowest BCUT2D eigenvalue weighted by molar-refractivity contribution is 0.0694. The second kappa shape index (κ2) is 5.48. The van der Waals surface area contributed by atoms with Gasteiger partial charge in [0, 0.05) is 23.8 Å². The van der Waals surface area contributed by atoms with Gasteiger partial charge in [0.1, 0.15) is 24.0 Å². The van der Waals surface area contributed by atoms with E-state index in [1.54, 1.807) is 18.2 Å². The van der Waals surface area contributed by atoms with Crippen LogP contribution < -0.4 is 4.74 Å². The van der Waals surface area contributed by atoms with E-state index in [2.05, 4.69) is 0 Å². The lowest BCUT2D eigenvalue weighted by Gasteiger charge is -2.08. The molecule has 0 saturated heterocycles. The van der Waals surface area contributed by atoms with Crippen LogP contribution >= 0.6 is 0 Å². The fraction of sp³-hybridized carbons (Fsp3) is 0.0714. The van der Waals surface area contributed by atoms with E-state index in [0.29, 0.717) is 5.56 Å². The number of carbonyl (C=O) groups is 1. The van der Waals surface area contributed by atoms with Gasteiger partial charge in [0.25, 0.3) is 0 Å². The fourth-order valence-electron chi connectivity index (χ4n) is 1.63. The molecule has 0 saturated carbocycles. The Balaban J connectivity index is 2.16. The van der Waals surface area contributed by atoms with Gasteiger partial charge >= 0.3 is 5.97 Å². The minimum Gasteiger partial charge on any atom is -0.489 e. The molecule has 2 rings (SSSR count). The van der Waals surface area contributed by atoms with Crippen molar-refractivity contribution in [3.63, 3.8) is 0 Å². The Morgan fingerprint density at radius 3 is 2.37 bits per heavy atom. The molecule has 0 aliphatic carbocycles. The summed E-state index contributed by atoms with van der Waals surface area (Å²) in [6.07, 6.45) is 0. The molecule has 2 aromatic carbocycles. The van der Waals surface area contributed by atoms with E-state index in [4.69, 9.17) is 9.84 Å². The molecule has 0 bridgehead atoms. The van der Waals surface area contributed by atoms with E-state index >= 15 is 0 Å². The Morgan fingerprint density at radius 2 is 1.74 bits per heavy atom. The summed E-state index contributed by atoms with van der Waals surface area (Å²) >= 11 is 0. The Kier molecular flexibility index (Phi) is 3.75. The number of aromatic carboxylic acids is 1. The summed E-state index contributed by atoms with van der Waals surface area (Å²) in [5.41, 5.74) is 0.527. The van der Waals surface area contributed by atoms with Crippen molar-refractivity contribution in [2.45, 2.75) is 6.61 Å². The first-order valence-electron chi connectivity index (χ1n) is 5.46. The van der Waals surface area contributed by atoms with Gasteiger partial charge in [-0.2, -0.15) is 0 Å². The third-order valence-corrected chi connectivity index (χ3v) is 2.48. The summed E-state index contributed by atoms with van der Waals surface area (Å²) in [6, 6.07) is 9.08. The molecule has 0 aromatic heterocycles. The van der Waals surface area contributed by atoms with Gasteiger partial charge in [0.05, 0.1) is 5.56 Å². The van der Waals surface area contributed by atoms with Gasteiger partial charge in [0.15, 0.2) is 0 Å². The van der Waals surface area contributed by atoms with Gasteiger partial charge in [-0.05, 0) is 6.07 Å². The van der Waals surface area contributed by atoms with Gasteiger partial charge in [-0.3, -0.25) is 0 Å². The van der Waals surface area contributed by atoms with Crippen LogP contribution in [-0.2, 0) is 6.61 Å². The summed E-state index contributed by atoms with van der Waals surface area (Å²) in [5, 5.41) is 8.98. The lowest BCUT2D eigenvalue weighted by atomic mass is 10.1. The summed E-state index contributed by atoms with van der Waals surface area (Å²) in [6.45, 7) is -0.0780. The SMILES string of the molecule is O=C(O)c1ccccc1COc1cc(F)cc(F)c1. The minimum absolute atomic E-state index is 0.0118. The predicted molar refractivity (Wildman–Crippen MR) is 64.1 cm³/mol. The smallest absolute Gasteiger partial charge is 0.336 e. The summed E-state index contributed by atoms with van der Waals surface area (Å²) in [4.78, 5) is 11.0. The molecule has 0 atom stereocenters. The maximum atomic E-state index is 12.9. The van der Waals surface area contributed by atoms with Crippen LogP contribution in [0.3, 0.4) is 0 Å². The molecule has 0 heterocycles.